The van der Waals surface area contributed by atoms with Crippen LogP contribution in [-0.4, -0.2) is 13.1 Å². The third kappa shape index (κ3) is 5.90. The van der Waals surface area contributed by atoms with Gasteiger partial charge in [0.2, 0.25) is 0 Å². The summed E-state index contributed by atoms with van der Waals surface area (Å²) in [4.78, 5) is 0. The van der Waals surface area contributed by atoms with Gasteiger partial charge in [0.05, 0.1) is 0 Å². The first kappa shape index (κ1) is 15.0. The van der Waals surface area contributed by atoms with Crippen LogP contribution in [0.4, 0.5) is 0 Å². The molecule has 0 heterocycles. The standard InChI is InChI=1S/C16H33N/c1-5-17-13-7-6-8-14-9-11-15(12-10-14)16(2,3)4/h14-15,17H,5-13H2,1-4H3. The summed E-state index contributed by atoms with van der Waals surface area (Å²) in [6, 6.07) is 0. The molecular formula is C16H33N. The zero-order valence-electron chi connectivity index (χ0n) is 12.5. The summed E-state index contributed by atoms with van der Waals surface area (Å²) in [5.41, 5.74) is 0.538. The fraction of sp³-hybridized carbons (Fsp3) is 1.00. The van der Waals surface area contributed by atoms with Crippen molar-refractivity contribution in [2.75, 3.05) is 13.1 Å². The van der Waals surface area contributed by atoms with Crippen molar-refractivity contribution in [3.05, 3.63) is 0 Å². The first-order valence-corrected chi connectivity index (χ1v) is 7.74. The third-order valence-corrected chi connectivity index (χ3v) is 4.54. The van der Waals surface area contributed by atoms with Gasteiger partial charge in [-0.25, -0.2) is 0 Å². The van der Waals surface area contributed by atoms with E-state index < -0.39 is 0 Å². The molecule has 1 nitrogen and oxygen atoms in total. The Kier molecular flexibility index (Phi) is 6.54. The van der Waals surface area contributed by atoms with Crippen molar-refractivity contribution >= 4 is 0 Å². The maximum atomic E-state index is 3.41. The molecule has 1 heteroatoms. The Labute approximate surface area is 109 Å². The molecule has 1 saturated carbocycles. The minimum atomic E-state index is 0.538. The minimum Gasteiger partial charge on any atom is -0.317 e. The van der Waals surface area contributed by atoms with Crippen LogP contribution in [-0.2, 0) is 0 Å². The van der Waals surface area contributed by atoms with Crippen LogP contribution in [0.25, 0.3) is 0 Å². The van der Waals surface area contributed by atoms with E-state index in [0.29, 0.717) is 5.41 Å². The van der Waals surface area contributed by atoms with Gasteiger partial charge in [0, 0.05) is 0 Å². The minimum absolute atomic E-state index is 0.538. The first-order valence-electron chi connectivity index (χ1n) is 7.74. The highest BCUT2D eigenvalue weighted by molar-refractivity contribution is 4.80. The summed E-state index contributed by atoms with van der Waals surface area (Å²) < 4.78 is 0. The largest absolute Gasteiger partial charge is 0.317 e. The van der Waals surface area contributed by atoms with Gasteiger partial charge >= 0.3 is 0 Å². The molecule has 1 aliphatic carbocycles. The smallest absolute Gasteiger partial charge is 0.00490 e. The van der Waals surface area contributed by atoms with E-state index in [-0.39, 0.29) is 0 Å². The average Bonchev–Trinajstić information content (AvgIpc) is 2.28. The number of hydrogen-bond acceptors (Lipinski definition) is 1. The lowest BCUT2D eigenvalue weighted by Gasteiger charge is -2.37. The number of unbranched alkanes of at least 4 members (excludes halogenated alkanes) is 1. The third-order valence-electron chi connectivity index (χ3n) is 4.54. The highest BCUT2D eigenvalue weighted by Gasteiger charge is 2.29. The lowest BCUT2D eigenvalue weighted by molar-refractivity contribution is 0.145. The SMILES string of the molecule is CCNCCCCC1CCC(C(C)(C)C)CC1. The Hall–Kier alpha value is -0.0400. The molecule has 0 atom stereocenters. The van der Waals surface area contributed by atoms with Crippen molar-refractivity contribution in [2.45, 2.75) is 72.6 Å². The van der Waals surface area contributed by atoms with Gasteiger partial charge < -0.3 is 5.32 Å². The average molecular weight is 239 g/mol. The molecule has 0 radical (unpaired) electrons. The normalized spacial score (nSPS) is 26.1. The Balaban J connectivity index is 2.07. The fourth-order valence-corrected chi connectivity index (χ4v) is 3.18. The van der Waals surface area contributed by atoms with Crippen molar-refractivity contribution in [3.63, 3.8) is 0 Å². The monoisotopic (exact) mass is 239 g/mol. The summed E-state index contributed by atoms with van der Waals surface area (Å²) >= 11 is 0. The summed E-state index contributed by atoms with van der Waals surface area (Å²) in [5.74, 6) is 2.01. The Morgan fingerprint density at radius 1 is 1.00 bits per heavy atom. The molecule has 17 heavy (non-hydrogen) atoms. The van der Waals surface area contributed by atoms with Gasteiger partial charge in [-0.1, -0.05) is 53.4 Å². The van der Waals surface area contributed by atoms with E-state index >= 15 is 0 Å². The Bertz CT molecular complexity index is 184. The molecule has 1 rings (SSSR count). The molecular weight excluding hydrogens is 206 g/mol. The Morgan fingerprint density at radius 2 is 1.65 bits per heavy atom. The van der Waals surface area contributed by atoms with E-state index in [1.807, 2.05) is 0 Å². The second-order valence-electron chi connectivity index (χ2n) is 6.93. The molecule has 0 amide bonds. The van der Waals surface area contributed by atoms with Gasteiger partial charge in [0.15, 0.2) is 0 Å². The number of hydrogen-bond donors (Lipinski definition) is 1. The van der Waals surface area contributed by atoms with Crippen LogP contribution in [0.2, 0.25) is 0 Å². The van der Waals surface area contributed by atoms with E-state index in [4.69, 9.17) is 0 Å². The summed E-state index contributed by atoms with van der Waals surface area (Å²) in [6.45, 7) is 11.8. The predicted molar refractivity (Wildman–Crippen MR) is 77.3 cm³/mol. The van der Waals surface area contributed by atoms with Crippen LogP contribution in [0, 0.1) is 17.3 Å². The van der Waals surface area contributed by atoms with Crippen LogP contribution >= 0.6 is 0 Å². The lowest BCUT2D eigenvalue weighted by atomic mass is 9.69. The van der Waals surface area contributed by atoms with Crippen LogP contribution in [0.1, 0.15) is 72.6 Å². The van der Waals surface area contributed by atoms with E-state index in [1.54, 1.807) is 0 Å². The van der Waals surface area contributed by atoms with Crippen molar-refractivity contribution in [3.8, 4) is 0 Å². The zero-order valence-corrected chi connectivity index (χ0v) is 12.5. The highest BCUT2D eigenvalue weighted by Crippen LogP contribution is 2.40. The Morgan fingerprint density at radius 3 is 2.18 bits per heavy atom. The van der Waals surface area contributed by atoms with Crippen molar-refractivity contribution in [1.29, 1.82) is 0 Å². The second kappa shape index (κ2) is 7.41. The molecule has 0 bridgehead atoms. The van der Waals surface area contributed by atoms with E-state index in [9.17, 15) is 0 Å². The molecule has 0 spiro atoms. The van der Waals surface area contributed by atoms with Crippen molar-refractivity contribution < 1.29 is 0 Å². The highest BCUT2D eigenvalue weighted by atomic mass is 14.8. The van der Waals surface area contributed by atoms with Crippen LogP contribution in [0.5, 0.6) is 0 Å². The van der Waals surface area contributed by atoms with Gasteiger partial charge in [-0.15, -0.1) is 0 Å². The van der Waals surface area contributed by atoms with Crippen LogP contribution in [0.3, 0.4) is 0 Å². The van der Waals surface area contributed by atoms with Gasteiger partial charge in [0.25, 0.3) is 0 Å². The fourth-order valence-electron chi connectivity index (χ4n) is 3.18. The summed E-state index contributed by atoms with van der Waals surface area (Å²) in [7, 11) is 0. The van der Waals surface area contributed by atoms with Gasteiger partial charge in [-0.3, -0.25) is 0 Å². The maximum Gasteiger partial charge on any atom is -0.00490 e. The maximum absolute atomic E-state index is 3.41. The summed E-state index contributed by atoms with van der Waals surface area (Å²) in [5, 5.41) is 3.41. The van der Waals surface area contributed by atoms with Crippen molar-refractivity contribution in [1.82, 2.24) is 5.32 Å². The molecule has 1 aliphatic rings. The van der Waals surface area contributed by atoms with Gasteiger partial charge in [-0.2, -0.15) is 0 Å². The molecule has 1 N–H and O–H groups in total. The molecule has 0 aromatic carbocycles. The van der Waals surface area contributed by atoms with E-state index in [2.05, 4.69) is 33.0 Å². The molecule has 0 aromatic rings. The lowest BCUT2D eigenvalue weighted by Crippen LogP contribution is -2.25. The number of nitrogens with one attached hydrogen (secondary N) is 1. The molecule has 0 saturated heterocycles. The van der Waals surface area contributed by atoms with E-state index in [1.165, 1.54) is 51.5 Å². The predicted octanol–water partition coefficient (Wildman–Crippen LogP) is 4.62. The van der Waals surface area contributed by atoms with Crippen molar-refractivity contribution in [2.24, 2.45) is 17.3 Å². The topological polar surface area (TPSA) is 12.0 Å². The summed E-state index contributed by atoms with van der Waals surface area (Å²) in [6.07, 6.45) is 10.2. The first-order chi connectivity index (χ1) is 8.04. The second-order valence-corrected chi connectivity index (χ2v) is 6.93. The van der Waals surface area contributed by atoms with Crippen LogP contribution < -0.4 is 5.32 Å². The quantitative estimate of drug-likeness (QED) is 0.667. The number of rotatable bonds is 6. The molecule has 1 fully saturated rings. The molecule has 0 aliphatic heterocycles. The molecule has 102 valence electrons. The molecule has 0 unspecified atom stereocenters. The molecule has 0 aromatic heterocycles. The van der Waals surface area contributed by atoms with E-state index in [0.717, 1.165) is 18.4 Å². The zero-order chi connectivity index (χ0) is 12.7. The van der Waals surface area contributed by atoms with Gasteiger partial charge in [-0.05, 0) is 49.6 Å². The van der Waals surface area contributed by atoms with Gasteiger partial charge in [0.1, 0.15) is 0 Å². The van der Waals surface area contributed by atoms with Crippen LogP contribution in [0.15, 0.2) is 0 Å².